The van der Waals surface area contributed by atoms with E-state index in [1.807, 2.05) is 30.3 Å². The Morgan fingerprint density at radius 2 is 1.76 bits per heavy atom. The molecule has 3 heterocycles. The van der Waals surface area contributed by atoms with Crippen molar-refractivity contribution in [1.82, 2.24) is 19.6 Å². The first-order chi connectivity index (χ1) is 18.0. The van der Waals surface area contributed by atoms with Crippen molar-refractivity contribution >= 4 is 17.4 Å². The van der Waals surface area contributed by atoms with E-state index in [2.05, 4.69) is 10.00 Å². The summed E-state index contributed by atoms with van der Waals surface area (Å²) in [5, 5.41) is 15.8. The van der Waals surface area contributed by atoms with E-state index in [-0.39, 0.29) is 11.3 Å². The summed E-state index contributed by atoms with van der Waals surface area (Å²) in [5.41, 5.74) is 2.33. The first-order valence-electron chi connectivity index (χ1n) is 12.4. The number of rotatable bonds is 7. The summed E-state index contributed by atoms with van der Waals surface area (Å²) in [6, 6.07) is 14.3. The van der Waals surface area contributed by atoms with E-state index < -0.39 is 23.5 Å². The number of ether oxygens (including phenoxy) is 1. The quantitative estimate of drug-likeness (QED) is 0.301. The van der Waals surface area contributed by atoms with E-state index in [1.54, 1.807) is 23.7 Å². The average Bonchev–Trinajstić information content (AvgIpc) is 3.42. The van der Waals surface area contributed by atoms with Gasteiger partial charge in [-0.3, -0.25) is 14.5 Å². The minimum absolute atomic E-state index is 0.0151. The number of ketones is 1. The molecule has 2 saturated heterocycles. The number of morpholine rings is 1. The number of aromatic nitrogens is 2. The van der Waals surface area contributed by atoms with Crippen molar-refractivity contribution in [2.75, 3.05) is 39.4 Å². The third kappa shape index (κ3) is 4.92. The van der Waals surface area contributed by atoms with E-state index in [4.69, 9.17) is 4.74 Å². The van der Waals surface area contributed by atoms with Crippen LogP contribution in [0.2, 0.25) is 0 Å². The molecule has 9 heteroatoms. The summed E-state index contributed by atoms with van der Waals surface area (Å²) >= 11 is 0. The fourth-order valence-corrected chi connectivity index (χ4v) is 5.01. The molecule has 2 fully saturated rings. The summed E-state index contributed by atoms with van der Waals surface area (Å²) in [5.74, 6) is -2.15. The topological polar surface area (TPSA) is 87.9 Å². The SMILES string of the molecule is Cc1c(/C(O)=C2\C(=O)C(=O)N(CCCN3CCOCC3)C2c2ccc(F)cc2)cnn1-c1ccccc1. The number of aliphatic hydroxyl groups is 1. The molecule has 1 atom stereocenters. The van der Waals surface area contributed by atoms with Crippen LogP contribution in [0.4, 0.5) is 4.39 Å². The molecule has 0 spiro atoms. The van der Waals surface area contributed by atoms with Crippen LogP contribution in [0, 0.1) is 12.7 Å². The molecule has 0 radical (unpaired) electrons. The highest BCUT2D eigenvalue weighted by Crippen LogP contribution is 2.40. The Morgan fingerprint density at radius 3 is 2.46 bits per heavy atom. The smallest absolute Gasteiger partial charge is 0.295 e. The molecular formula is C28H29FN4O4. The molecule has 37 heavy (non-hydrogen) atoms. The van der Waals surface area contributed by atoms with Gasteiger partial charge in [0.25, 0.3) is 11.7 Å². The normalized spacial score (nSPS) is 20.1. The molecule has 1 N–H and O–H groups in total. The molecule has 1 amide bonds. The number of likely N-dealkylation sites (tertiary alicyclic amines) is 1. The lowest BCUT2D eigenvalue weighted by molar-refractivity contribution is -0.140. The largest absolute Gasteiger partial charge is 0.507 e. The molecule has 2 aliphatic heterocycles. The second-order valence-corrected chi connectivity index (χ2v) is 9.24. The predicted octanol–water partition coefficient (Wildman–Crippen LogP) is 3.46. The lowest BCUT2D eigenvalue weighted by Gasteiger charge is -2.29. The molecule has 0 saturated carbocycles. The van der Waals surface area contributed by atoms with Gasteiger partial charge < -0.3 is 14.7 Å². The highest BCUT2D eigenvalue weighted by atomic mass is 19.1. The van der Waals surface area contributed by atoms with Gasteiger partial charge >= 0.3 is 0 Å². The predicted molar refractivity (Wildman–Crippen MR) is 136 cm³/mol. The van der Waals surface area contributed by atoms with Gasteiger partial charge in [0.2, 0.25) is 0 Å². The highest BCUT2D eigenvalue weighted by molar-refractivity contribution is 6.46. The minimum atomic E-state index is -0.829. The van der Waals surface area contributed by atoms with Gasteiger partial charge in [-0.15, -0.1) is 0 Å². The van der Waals surface area contributed by atoms with E-state index in [9.17, 15) is 19.1 Å². The van der Waals surface area contributed by atoms with E-state index in [1.165, 1.54) is 23.2 Å². The van der Waals surface area contributed by atoms with Crippen molar-refractivity contribution in [3.05, 3.63) is 89.0 Å². The van der Waals surface area contributed by atoms with Gasteiger partial charge in [-0.25, -0.2) is 9.07 Å². The maximum Gasteiger partial charge on any atom is 0.295 e. The number of carbonyl (C=O) groups is 2. The van der Waals surface area contributed by atoms with Crippen LogP contribution in [-0.2, 0) is 14.3 Å². The third-order valence-corrected chi connectivity index (χ3v) is 6.97. The standard InChI is InChI=1S/C28H29FN4O4/c1-19-23(18-30-33(19)22-6-3-2-4-7-22)26(34)24-25(20-8-10-21(29)11-9-20)32(28(36)27(24)35)13-5-12-31-14-16-37-17-15-31/h2-4,6-11,18,25,34H,5,12-17H2,1H3/b26-24+. The molecule has 2 aromatic carbocycles. The van der Waals surface area contributed by atoms with Gasteiger partial charge in [-0.2, -0.15) is 5.10 Å². The number of nitrogens with zero attached hydrogens (tertiary/aromatic N) is 4. The minimum Gasteiger partial charge on any atom is -0.507 e. The number of hydrogen-bond donors (Lipinski definition) is 1. The molecule has 3 aromatic rings. The second kappa shape index (κ2) is 10.7. The van der Waals surface area contributed by atoms with Gasteiger partial charge in [0.1, 0.15) is 11.6 Å². The first-order valence-corrected chi connectivity index (χ1v) is 12.4. The number of halogens is 1. The number of Topliss-reactive ketones (excluding diaryl/α,β-unsaturated/α-hetero) is 1. The molecule has 192 valence electrons. The zero-order valence-corrected chi connectivity index (χ0v) is 20.6. The fraction of sp³-hybridized carbons (Fsp3) is 0.321. The van der Waals surface area contributed by atoms with Crippen molar-refractivity contribution in [3.63, 3.8) is 0 Å². The maximum absolute atomic E-state index is 13.7. The second-order valence-electron chi connectivity index (χ2n) is 9.24. The Balaban J connectivity index is 1.50. The van der Waals surface area contributed by atoms with Gasteiger partial charge in [0, 0.05) is 26.2 Å². The number of benzene rings is 2. The van der Waals surface area contributed by atoms with Crippen LogP contribution in [0.3, 0.4) is 0 Å². The van der Waals surface area contributed by atoms with Gasteiger partial charge in [0.05, 0.1) is 48.0 Å². The van der Waals surface area contributed by atoms with E-state index in [0.717, 1.165) is 25.3 Å². The Hall–Kier alpha value is -3.82. The van der Waals surface area contributed by atoms with E-state index >= 15 is 0 Å². The van der Waals surface area contributed by atoms with Crippen molar-refractivity contribution in [1.29, 1.82) is 0 Å². The van der Waals surface area contributed by atoms with Gasteiger partial charge in [-0.05, 0) is 43.2 Å². The van der Waals surface area contributed by atoms with Crippen LogP contribution in [0.15, 0.2) is 66.4 Å². The molecule has 1 aromatic heterocycles. The number of carbonyl (C=O) groups excluding carboxylic acids is 2. The Bertz CT molecular complexity index is 1310. The number of amides is 1. The zero-order valence-electron chi connectivity index (χ0n) is 20.6. The van der Waals surface area contributed by atoms with Crippen molar-refractivity contribution in [2.45, 2.75) is 19.4 Å². The molecular weight excluding hydrogens is 475 g/mol. The molecule has 1 unspecified atom stereocenters. The van der Waals surface area contributed by atoms with Crippen molar-refractivity contribution < 1.29 is 23.8 Å². The van der Waals surface area contributed by atoms with Crippen molar-refractivity contribution in [2.24, 2.45) is 0 Å². The Labute approximate surface area is 214 Å². The van der Waals surface area contributed by atoms with Crippen LogP contribution < -0.4 is 0 Å². The first kappa shape index (κ1) is 24.9. The molecule has 5 rings (SSSR count). The van der Waals surface area contributed by atoms with Crippen molar-refractivity contribution in [3.8, 4) is 5.69 Å². The summed E-state index contributed by atoms with van der Waals surface area (Å²) in [4.78, 5) is 30.2. The maximum atomic E-state index is 13.7. The molecule has 0 bridgehead atoms. The molecule has 2 aliphatic rings. The van der Waals surface area contributed by atoms with Crippen LogP contribution in [-0.4, -0.2) is 75.8 Å². The molecule has 8 nitrogen and oxygen atoms in total. The van der Waals surface area contributed by atoms with Crippen LogP contribution in [0.1, 0.15) is 29.3 Å². The lowest BCUT2D eigenvalue weighted by Crippen LogP contribution is -2.38. The highest BCUT2D eigenvalue weighted by Gasteiger charge is 2.46. The number of aliphatic hydroxyl groups excluding tert-OH is 1. The Morgan fingerprint density at radius 1 is 1.05 bits per heavy atom. The van der Waals surface area contributed by atoms with E-state index in [0.29, 0.717) is 43.0 Å². The summed E-state index contributed by atoms with van der Waals surface area (Å²) < 4.78 is 20.8. The monoisotopic (exact) mass is 504 g/mol. The summed E-state index contributed by atoms with van der Waals surface area (Å²) in [7, 11) is 0. The fourth-order valence-electron chi connectivity index (χ4n) is 5.01. The Kier molecular flexibility index (Phi) is 7.16. The summed E-state index contributed by atoms with van der Waals surface area (Å²) in [6.45, 7) is 5.87. The number of para-hydroxylation sites is 1. The van der Waals surface area contributed by atoms with Gasteiger partial charge in [0.15, 0.2) is 0 Å². The lowest BCUT2D eigenvalue weighted by atomic mass is 9.95. The molecule has 0 aliphatic carbocycles. The van der Waals surface area contributed by atoms with Crippen LogP contribution in [0.5, 0.6) is 0 Å². The number of hydrogen-bond acceptors (Lipinski definition) is 6. The average molecular weight is 505 g/mol. The summed E-state index contributed by atoms with van der Waals surface area (Å²) in [6.07, 6.45) is 2.14. The van der Waals surface area contributed by atoms with Crippen LogP contribution in [0.25, 0.3) is 11.4 Å². The van der Waals surface area contributed by atoms with Crippen LogP contribution >= 0.6 is 0 Å². The zero-order chi connectivity index (χ0) is 25.9. The third-order valence-electron chi connectivity index (χ3n) is 6.97. The van der Waals surface area contributed by atoms with Gasteiger partial charge in [-0.1, -0.05) is 30.3 Å².